The molecule has 0 aromatic rings. The molecule has 24 heavy (non-hydrogen) atoms. The lowest BCUT2D eigenvalue weighted by Gasteiger charge is -2.36. The van der Waals surface area contributed by atoms with Crippen molar-refractivity contribution in [2.24, 2.45) is 11.8 Å². The van der Waals surface area contributed by atoms with Crippen LogP contribution in [0.1, 0.15) is 64.2 Å². The largest absolute Gasteiger partial charge is 0.389 e. The van der Waals surface area contributed by atoms with Gasteiger partial charge in [0.1, 0.15) is 0 Å². The van der Waals surface area contributed by atoms with E-state index in [1.165, 1.54) is 24.0 Å². The van der Waals surface area contributed by atoms with Gasteiger partial charge in [0.05, 0.1) is 11.2 Å². The molecule has 4 aliphatic rings. The van der Waals surface area contributed by atoms with E-state index < -0.39 is 11.2 Å². The van der Waals surface area contributed by atoms with Gasteiger partial charge in [0.25, 0.3) is 0 Å². The number of rotatable bonds is 3. The molecule has 4 aliphatic carbocycles. The normalized spacial score (nSPS) is 34.2. The summed E-state index contributed by atoms with van der Waals surface area (Å²) in [5, 5.41) is 21.9. The summed E-state index contributed by atoms with van der Waals surface area (Å²) < 4.78 is 0. The summed E-state index contributed by atoms with van der Waals surface area (Å²) in [5.41, 5.74) is 1.36. The van der Waals surface area contributed by atoms with E-state index in [2.05, 4.69) is 36.5 Å². The van der Waals surface area contributed by atoms with Crippen molar-refractivity contribution < 1.29 is 10.2 Å². The number of allylic oxidation sites excluding steroid dienone is 4. The minimum absolute atomic E-state index is 0.152. The Morgan fingerprint density at radius 1 is 0.625 bits per heavy atom. The predicted octanol–water partition coefficient (Wildman–Crippen LogP) is 4.60. The van der Waals surface area contributed by atoms with Crippen LogP contribution in [0.15, 0.2) is 47.6 Å². The lowest BCUT2D eigenvalue weighted by atomic mass is 9.76. The molecule has 2 unspecified atom stereocenters. The van der Waals surface area contributed by atoms with E-state index in [0.29, 0.717) is 0 Å². The Kier molecular flexibility index (Phi) is 4.30. The Balaban J connectivity index is 1.49. The molecule has 0 spiro atoms. The summed E-state index contributed by atoms with van der Waals surface area (Å²) in [7, 11) is 0. The van der Waals surface area contributed by atoms with E-state index in [4.69, 9.17) is 0 Å². The van der Waals surface area contributed by atoms with Crippen molar-refractivity contribution >= 4 is 0 Å². The van der Waals surface area contributed by atoms with Crippen LogP contribution in [-0.2, 0) is 0 Å². The first-order chi connectivity index (χ1) is 11.6. The van der Waals surface area contributed by atoms with Crippen molar-refractivity contribution in [2.75, 3.05) is 0 Å². The Morgan fingerprint density at radius 2 is 1.00 bits per heavy atom. The van der Waals surface area contributed by atoms with Crippen LogP contribution >= 0.6 is 0 Å². The van der Waals surface area contributed by atoms with E-state index in [1.807, 2.05) is 0 Å². The fourth-order valence-corrected chi connectivity index (χ4v) is 5.07. The van der Waals surface area contributed by atoms with Crippen LogP contribution in [0.4, 0.5) is 0 Å². The minimum atomic E-state index is -0.541. The van der Waals surface area contributed by atoms with Gasteiger partial charge in [-0.15, -0.1) is 0 Å². The van der Waals surface area contributed by atoms with Crippen LogP contribution in [0, 0.1) is 11.8 Å². The van der Waals surface area contributed by atoms with Crippen LogP contribution in [0.25, 0.3) is 0 Å². The summed E-state index contributed by atoms with van der Waals surface area (Å²) >= 11 is 0. The third-order valence-corrected chi connectivity index (χ3v) is 6.70. The number of aliphatic hydroxyl groups is 2. The molecule has 0 saturated heterocycles. The maximum Gasteiger partial charge on any atom is 0.0745 e. The first-order valence-corrected chi connectivity index (χ1v) is 9.84. The third kappa shape index (κ3) is 2.95. The Hall–Kier alpha value is -1.12. The summed E-state index contributed by atoms with van der Waals surface area (Å²) in [5.74, 6) is 0.304. The monoisotopic (exact) mass is 326 g/mol. The molecule has 0 amide bonds. The van der Waals surface area contributed by atoms with Gasteiger partial charge in [-0.3, -0.25) is 0 Å². The summed E-state index contributed by atoms with van der Waals surface area (Å²) in [6.45, 7) is 0. The van der Waals surface area contributed by atoms with Crippen LogP contribution in [0.3, 0.4) is 0 Å². The molecule has 0 aliphatic heterocycles. The molecular weight excluding hydrogens is 296 g/mol. The lowest BCUT2D eigenvalue weighted by Crippen LogP contribution is -2.37. The van der Waals surface area contributed by atoms with E-state index in [1.54, 1.807) is 0 Å². The fourth-order valence-electron chi connectivity index (χ4n) is 5.07. The molecule has 0 aromatic heterocycles. The van der Waals surface area contributed by atoms with Crippen molar-refractivity contribution in [1.82, 2.24) is 0 Å². The van der Waals surface area contributed by atoms with Gasteiger partial charge < -0.3 is 10.2 Å². The van der Waals surface area contributed by atoms with Crippen molar-refractivity contribution in [3.8, 4) is 0 Å². The summed E-state index contributed by atoms with van der Waals surface area (Å²) in [4.78, 5) is 0. The second-order valence-electron chi connectivity index (χ2n) is 8.34. The molecule has 2 atom stereocenters. The molecule has 2 saturated carbocycles. The van der Waals surface area contributed by atoms with Gasteiger partial charge in [-0.25, -0.2) is 0 Å². The zero-order chi connectivity index (χ0) is 16.6. The molecule has 2 nitrogen and oxygen atoms in total. The Bertz CT molecular complexity index is 541. The molecule has 0 bridgehead atoms. The van der Waals surface area contributed by atoms with Gasteiger partial charge in [-0.1, -0.05) is 75.0 Å². The highest BCUT2D eigenvalue weighted by Gasteiger charge is 2.39. The van der Waals surface area contributed by atoms with Crippen LogP contribution < -0.4 is 0 Å². The lowest BCUT2D eigenvalue weighted by molar-refractivity contribution is -0.0186. The first kappa shape index (κ1) is 16.4. The van der Waals surface area contributed by atoms with E-state index in [9.17, 15) is 10.2 Å². The number of hydrogen-bond acceptors (Lipinski definition) is 2. The van der Waals surface area contributed by atoms with Crippen LogP contribution in [0.5, 0.6) is 0 Å². The molecule has 0 radical (unpaired) electrons. The van der Waals surface area contributed by atoms with Crippen LogP contribution in [-0.4, -0.2) is 21.4 Å². The van der Waals surface area contributed by atoms with Crippen molar-refractivity contribution in [3.63, 3.8) is 0 Å². The highest BCUT2D eigenvalue weighted by Crippen LogP contribution is 2.43. The Labute approximate surface area is 145 Å². The second kappa shape index (κ2) is 6.31. The van der Waals surface area contributed by atoms with Crippen LogP contribution in [0.2, 0.25) is 0 Å². The standard InChI is InChI=1S/C22H30O2/c23-21(11-3-1-4-12-21)19-9-7-17(15-19)18-8-10-20(16-18)22(24)13-5-2-6-14-22/h7-10,15-16,19-20,23-24H,1-6,11-14H2. The molecule has 4 rings (SSSR count). The second-order valence-corrected chi connectivity index (χ2v) is 8.34. The van der Waals surface area contributed by atoms with Crippen molar-refractivity contribution in [1.29, 1.82) is 0 Å². The molecular formula is C22H30O2. The highest BCUT2D eigenvalue weighted by molar-refractivity contribution is 5.54. The summed E-state index contributed by atoms with van der Waals surface area (Å²) in [6.07, 6.45) is 23.9. The minimum Gasteiger partial charge on any atom is -0.389 e. The van der Waals surface area contributed by atoms with Gasteiger partial charge in [0, 0.05) is 11.8 Å². The number of hydrogen-bond donors (Lipinski definition) is 2. The molecule has 2 heteroatoms. The zero-order valence-corrected chi connectivity index (χ0v) is 14.6. The maximum absolute atomic E-state index is 11.0. The predicted molar refractivity (Wildman–Crippen MR) is 97.5 cm³/mol. The van der Waals surface area contributed by atoms with Gasteiger partial charge in [0.15, 0.2) is 0 Å². The first-order valence-electron chi connectivity index (χ1n) is 9.84. The third-order valence-electron chi connectivity index (χ3n) is 6.70. The molecule has 130 valence electrons. The van der Waals surface area contributed by atoms with Gasteiger partial charge in [0.2, 0.25) is 0 Å². The molecule has 0 aromatic carbocycles. The average molecular weight is 326 g/mol. The van der Waals surface area contributed by atoms with Gasteiger partial charge in [-0.2, -0.15) is 0 Å². The molecule has 0 heterocycles. The van der Waals surface area contributed by atoms with Crippen molar-refractivity contribution in [2.45, 2.75) is 75.4 Å². The molecule has 2 fully saturated rings. The van der Waals surface area contributed by atoms with Gasteiger partial charge >= 0.3 is 0 Å². The van der Waals surface area contributed by atoms with E-state index in [0.717, 1.165) is 51.4 Å². The molecule has 2 N–H and O–H groups in total. The van der Waals surface area contributed by atoms with Gasteiger partial charge in [-0.05, 0) is 36.8 Å². The maximum atomic E-state index is 11.0. The average Bonchev–Trinajstić information content (AvgIpc) is 3.26. The topological polar surface area (TPSA) is 40.5 Å². The van der Waals surface area contributed by atoms with E-state index in [-0.39, 0.29) is 11.8 Å². The SMILES string of the molecule is OC1(C2C=CC(C3=CC(C4(O)CCCCC4)C=C3)=C2)CCCCC1. The smallest absolute Gasteiger partial charge is 0.0745 e. The summed E-state index contributed by atoms with van der Waals surface area (Å²) in [6, 6.07) is 0. The fraction of sp³-hybridized carbons (Fsp3) is 0.636. The van der Waals surface area contributed by atoms with E-state index >= 15 is 0 Å². The van der Waals surface area contributed by atoms with Crippen molar-refractivity contribution in [3.05, 3.63) is 47.6 Å². The zero-order valence-electron chi connectivity index (χ0n) is 14.6. The quantitative estimate of drug-likeness (QED) is 0.795. The Morgan fingerprint density at radius 3 is 1.38 bits per heavy atom. The highest BCUT2D eigenvalue weighted by atomic mass is 16.3.